The first-order chi connectivity index (χ1) is 10.8. The van der Waals surface area contributed by atoms with Gasteiger partial charge in [0.25, 0.3) is 0 Å². The molecule has 0 aliphatic carbocycles. The van der Waals surface area contributed by atoms with Gasteiger partial charge < -0.3 is 4.74 Å². The molecule has 0 spiro atoms. The first kappa shape index (κ1) is 18.7. The zero-order valence-corrected chi connectivity index (χ0v) is 14.4. The number of carbonyl (C=O) groups is 1. The summed E-state index contributed by atoms with van der Waals surface area (Å²) in [7, 11) is 1.63. The summed E-state index contributed by atoms with van der Waals surface area (Å²) in [6, 6.07) is 5.80. The fraction of sp³-hybridized carbons (Fsp3) is 0.650. The Labute approximate surface area is 136 Å². The molecule has 0 radical (unpaired) electrons. The molecule has 0 saturated heterocycles. The van der Waals surface area contributed by atoms with Crippen LogP contribution in [0.3, 0.4) is 0 Å². The van der Waals surface area contributed by atoms with Crippen LogP contribution in [0.25, 0.3) is 0 Å². The number of ether oxygens (including phenoxy) is 1. The molecule has 0 aromatic heterocycles. The molecule has 0 aliphatic heterocycles. The Balaban J connectivity index is 2.11. The van der Waals surface area contributed by atoms with E-state index in [1.165, 1.54) is 64.2 Å². The number of methoxy groups -OCH3 is 1. The van der Waals surface area contributed by atoms with E-state index >= 15 is 0 Å². The predicted molar refractivity (Wildman–Crippen MR) is 93.9 cm³/mol. The second kappa shape index (κ2) is 12.3. The fourth-order valence-corrected chi connectivity index (χ4v) is 2.84. The minimum Gasteiger partial charge on any atom is -0.497 e. The third kappa shape index (κ3) is 7.63. The second-order valence-electron chi connectivity index (χ2n) is 6.11. The molecule has 0 amide bonds. The fourth-order valence-electron chi connectivity index (χ4n) is 2.84. The molecule has 1 aromatic rings. The van der Waals surface area contributed by atoms with Gasteiger partial charge in [-0.1, -0.05) is 70.8 Å². The number of aryl methyl sites for hydroxylation is 1. The van der Waals surface area contributed by atoms with Gasteiger partial charge in [0, 0.05) is 5.56 Å². The van der Waals surface area contributed by atoms with Crippen molar-refractivity contribution in [1.82, 2.24) is 0 Å². The van der Waals surface area contributed by atoms with Gasteiger partial charge >= 0.3 is 0 Å². The SMILES string of the molecule is CCCCCCCCCCCCc1ccc(OC)cc1C=O. The van der Waals surface area contributed by atoms with Crippen LogP contribution in [0, 0.1) is 0 Å². The monoisotopic (exact) mass is 304 g/mol. The van der Waals surface area contributed by atoms with Crippen molar-refractivity contribution in [2.24, 2.45) is 0 Å². The molecule has 0 atom stereocenters. The zero-order chi connectivity index (χ0) is 16.0. The average molecular weight is 304 g/mol. The van der Waals surface area contributed by atoms with Crippen molar-refractivity contribution < 1.29 is 9.53 Å². The van der Waals surface area contributed by atoms with E-state index in [4.69, 9.17) is 4.74 Å². The molecule has 1 rings (SSSR count). The van der Waals surface area contributed by atoms with Crippen LogP contribution in [-0.4, -0.2) is 13.4 Å². The summed E-state index contributed by atoms with van der Waals surface area (Å²) < 4.78 is 5.16. The normalized spacial score (nSPS) is 10.6. The maximum Gasteiger partial charge on any atom is 0.150 e. The highest BCUT2D eigenvalue weighted by atomic mass is 16.5. The van der Waals surface area contributed by atoms with Crippen LogP contribution >= 0.6 is 0 Å². The first-order valence-corrected chi connectivity index (χ1v) is 8.94. The minimum atomic E-state index is 0.758. The highest BCUT2D eigenvalue weighted by molar-refractivity contribution is 5.78. The minimum absolute atomic E-state index is 0.758. The first-order valence-electron chi connectivity index (χ1n) is 8.94. The van der Waals surface area contributed by atoms with Crippen molar-refractivity contribution in [3.05, 3.63) is 29.3 Å². The average Bonchev–Trinajstić information content (AvgIpc) is 2.56. The third-order valence-electron chi connectivity index (χ3n) is 4.28. The summed E-state index contributed by atoms with van der Waals surface area (Å²) in [6.45, 7) is 2.26. The van der Waals surface area contributed by atoms with Gasteiger partial charge in [0.15, 0.2) is 0 Å². The van der Waals surface area contributed by atoms with Crippen LogP contribution in [0.4, 0.5) is 0 Å². The maximum absolute atomic E-state index is 11.1. The van der Waals surface area contributed by atoms with Crippen LogP contribution < -0.4 is 4.74 Å². The van der Waals surface area contributed by atoms with Crippen LogP contribution in [0.2, 0.25) is 0 Å². The summed E-state index contributed by atoms with van der Waals surface area (Å²) in [4.78, 5) is 11.1. The molecule has 0 bridgehead atoms. The summed E-state index contributed by atoms with van der Waals surface area (Å²) in [6.07, 6.45) is 15.3. The summed E-state index contributed by atoms with van der Waals surface area (Å²) in [5.41, 5.74) is 1.92. The van der Waals surface area contributed by atoms with Gasteiger partial charge in [-0.25, -0.2) is 0 Å². The largest absolute Gasteiger partial charge is 0.497 e. The molecule has 0 saturated carbocycles. The number of hydrogen-bond acceptors (Lipinski definition) is 2. The molecule has 2 heteroatoms. The quantitative estimate of drug-likeness (QED) is 0.331. The number of aldehydes is 1. The van der Waals surface area contributed by atoms with E-state index in [0.29, 0.717) is 0 Å². The van der Waals surface area contributed by atoms with Gasteiger partial charge in [0.05, 0.1) is 7.11 Å². The van der Waals surface area contributed by atoms with Gasteiger partial charge in [-0.2, -0.15) is 0 Å². The summed E-state index contributed by atoms with van der Waals surface area (Å²) in [5, 5.41) is 0. The van der Waals surface area contributed by atoms with Crippen molar-refractivity contribution in [2.75, 3.05) is 7.11 Å². The Bertz CT molecular complexity index is 412. The van der Waals surface area contributed by atoms with Gasteiger partial charge in [-0.3, -0.25) is 4.79 Å². The van der Waals surface area contributed by atoms with Crippen molar-refractivity contribution in [2.45, 2.75) is 77.6 Å². The Morgan fingerprint density at radius 3 is 2.05 bits per heavy atom. The second-order valence-corrected chi connectivity index (χ2v) is 6.11. The van der Waals surface area contributed by atoms with E-state index in [9.17, 15) is 4.79 Å². The molecule has 22 heavy (non-hydrogen) atoms. The lowest BCUT2D eigenvalue weighted by molar-refractivity contribution is 0.112. The lowest BCUT2D eigenvalue weighted by atomic mass is 10.0. The van der Waals surface area contributed by atoms with Gasteiger partial charge in [0.1, 0.15) is 12.0 Å². The van der Waals surface area contributed by atoms with Gasteiger partial charge in [0.2, 0.25) is 0 Å². The Morgan fingerprint density at radius 2 is 1.50 bits per heavy atom. The van der Waals surface area contributed by atoms with Crippen LogP contribution in [0.5, 0.6) is 5.75 Å². The third-order valence-corrected chi connectivity index (χ3v) is 4.28. The topological polar surface area (TPSA) is 26.3 Å². The van der Waals surface area contributed by atoms with Crippen molar-refractivity contribution in [3.8, 4) is 5.75 Å². The smallest absolute Gasteiger partial charge is 0.150 e. The molecule has 1 aromatic carbocycles. The molecular weight excluding hydrogens is 272 g/mol. The van der Waals surface area contributed by atoms with Crippen molar-refractivity contribution in [1.29, 1.82) is 0 Å². The Kier molecular flexibility index (Phi) is 10.4. The number of carbonyl (C=O) groups excluding carboxylic acids is 1. The number of rotatable bonds is 13. The van der Waals surface area contributed by atoms with E-state index in [1.54, 1.807) is 7.11 Å². The Hall–Kier alpha value is -1.31. The predicted octanol–water partition coefficient (Wildman–Crippen LogP) is 5.97. The van der Waals surface area contributed by atoms with E-state index < -0.39 is 0 Å². The van der Waals surface area contributed by atoms with Crippen LogP contribution in [0.15, 0.2) is 18.2 Å². The molecule has 0 N–H and O–H groups in total. The zero-order valence-electron chi connectivity index (χ0n) is 14.4. The highest BCUT2D eigenvalue weighted by Crippen LogP contribution is 2.19. The molecule has 2 nitrogen and oxygen atoms in total. The number of hydrogen-bond donors (Lipinski definition) is 0. The molecule has 0 aliphatic rings. The van der Waals surface area contributed by atoms with Crippen LogP contribution in [-0.2, 0) is 6.42 Å². The molecule has 0 fully saturated rings. The number of unbranched alkanes of at least 4 members (excludes halogenated alkanes) is 9. The highest BCUT2D eigenvalue weighted by Gasteiger charge is 2.03. The van der Waals surface area contributed by atoms with Gasteiger partial charge in [-0.15, -0.1) is 0 Å². The summed E-state index contributed by atoms with van der Waals surface area (Å²) in [5.74, 6) is 0.758. The van der Waals surface area contributed by atoms with Crippen molar-refractivity contribution >= 4 is 6.29 Å². The van der Waals surface area contributed by atoms with Gasteiger partial charge in [-0.05, 0) is 30.5 Å². The standard InChI is InChI=1S/C20H32O2/c1-3-4-5-6-7-8-9-10-11-12-13-18-14-15-20(22-2)16-19(18)17-21/h14-17H,3-13H2,1-2H3. The van der Waals surface area contributed by atoms with E-state index in [1.807, 2.05) is 18.2 Å². The van der Waals surface area contributed by atoms with Crippen molar-refractivity contribution in [3.63, 3.8) is 0 Å². The lowest BCUT2D eigenvalue weighted by Crippen LogP contribution is -1.95. The van der Waals surface area contributed by atoms with Crippen LogP contribution in [0.1, 0.15) is 87.1 Å². The molecule has 0 heterocycles. The lowest BCUT2D eigenvalue weighted by Gasteiger charge is -2.07. The maximum atomic E-state index is 11.1. The van der Waals surface area contributed by atoms with E-state index in [2.05, 4.69) is 6.92 Å². The molecular formula is C20H32O2. The number of benzene rings is 1. The summed E-state index contributed by atoms with van der Waals surface area (Å²) >= 11 is 0. The molecule has 124 valence electrons. The van der Waals surface area contributed by atoms with E-state index in [0.717, 1.165) is 29.6 Å². The Morgan fingerprint density at radius 1 is 0.909 bits per heavy atom. The van der Waals surface area contributed by atoms with E-state index in [-0.39, 0.29) is 0 Å². The molecule has 0 unspecified atom stereocenters.